The predicted molar refractivity (Wildman–Crippen MR) is 84.5 cm³/mol. The summed E-state index contributed by atoms with van der Waals surface area (Å²) in [6.07, 6.45) is 3.62. The molecular weight excluding hydrogens is 264 g/mol. The Balaban J connectivity index is 1.88. The van der Waals surface area contributed by atoms with Crippen molar-refractivity contribution in [2.75, 3.05) is 19.6 Å². The van der Waals surface area contributed by atoms with Crippen LogP contribution in [-0.4, -0.2) is 31.6 Å². The summed E-state index contributed by atoms with van der Waals surface area (Å²) in [6, 6.07) is 7.73. The maximum absolute atomic E-state index is 12.1. The summed E-state index contributed by atoms with van der Waals surface area (Å²) in [7, 11) is 0. The largest absolute Gasteiger partial charge is 0.491 e. The zero-order valence-electron chi connectivity index (χ0n) is 12.8. The maximum atomic E-state index is 12.1. The highest BCUT2D eigenvalue weighted by molar-refractivity contribution is 5.79. The van der Waals surface area contributed by atoms with Crippen molar-refractivity contribution in [1.82, 2.24) is 10.6 Å². The van der Waals surface area contributed by atoms with Crippen molar-refractivity contribution in [2.24, 2.45) is 0 Å². The van der Waals surface area contributed by atoms with E-state index in [4.69, 9.17) is 4.74 Å². The first-order valence-electron chi connectivity index (χ1n) is 7.55. The van der Waals surface area contributed by atoms with Crippen molar-refractivity contribution < 1.29 is 9.53 Å². The Kier molecular flexibility index (Phi) is 5.81. The number of hydrogen-bond donors (Lipinski definition) is 2. The summed E-state index contributed by atoms with van der Waals surface area (Å²) in [6.45, 7) is 6.51. The highest BCUT2D eigenvalue weighted by Crippen LogP contribution is 2.19. The van der Waals surface area contributed by atoms with E-state index in [-0.39, 0.29) is 12.0 Å². The maximum Gasteiger partial charge on any atom is 0.224 e. The smallest absolute Gasteiger partial charge is 0.224 e. The molecule has 0 spiro atoms. The zero-order valence-corrected chi connectivity index (χ0v) is 12.8. The van der Waals surface area contributed by atoms with Crippen LogP contribution in [0.1, 0.15) is 25.8 Å². The third-order valence-corrected chi connectivity index (χ3v) is 3.36. The molecule has 0 unspecified atom stereocenters. The molecule has 0 atom stereocenters. The van der Waals surface area contributed by atoms with Crippen molar-refractivity contribution >= 4 is 5.91 Å². The molecule has 1 aliphatic rings. The normalized spacial score (nSPS) is 14.7. The third kappa shape index (κ3) is 5.23. The molecule has 0 bridgehead atoms. The fraction of sp³-hybridized carbons (Fsp3) is 0.471. The summed E-state index contributed by atoms with van der Waals surface area (Å²) >= 11 is 0. The summed E-state index contributed by atoms with van der Waals surface area (Å²) in [5.74, 6) is 0.831. The quantitative estimate of drug-likeness (QED) is 0.788. The first kappa shape index (κ1) is 15.6. The van der Waals surface area contributed by atoms with Crippen LogP contribution in [0.2, 0.25) is 0 Å². The number of ether oxygens (including phenoxy) is 1. The Morgan fingerprint density at radius 2 is 2.19 bits per heavy atom. The van der Waals surface area contributed by atoms with Crippen molar-refractivity contribution in [3.63, 3.8) is 0 Å². The van der Waals surface area contributed by atoms with E-state index in [1.54, 1.807) is 0 Å². The lowest BCUT2D eigenvalue weighted by atomic mass is 10.1. The van der Waals surface area contributed by atoms with Gasteiger partial charge in [0.05, 0.1) is 12.5 Å². The fourth-order valence-corrected chi connectivity index (χ4v) is 2.30. The van der Waals surface area contributed by atoms with Gasteiger partial charge in [0.1, 0.15) is 5.75 Å². The summed E-state index contributed by atoms with van der Waals surface area (Å²) in [4.78, 5) is 12.1. The number of para-hydroxylation sites is 1. The lowest BCUT2D eigenvalue weighted by molar-refractivity contribution is -0.120. The molecular formula is C17H24N2O2. The Labute approximate surface area is 126 Å². The van der Waals surface area contributed by atoms with Gasteiger partial charge in [-0.2, -0.15) is 0 Å². The molecule has 1 amide bonds. The average molecular weight is 288 g/mol. The second-order valence-electron chi connectivity index (χ2n) is 5.54. The van der Waals surface area contributed by atoms with E-state index in [0.29, 0.717) is 13.0 Å². The van der Waals surface area contributed by atoms with Crippen LogP contribution in [0.15, 0.2) is 35.9 Å². The van der Waals surface area contributed by atoms with E-state index in [0.717, 1.165) is 30.8 Å². The van der Waals surface area contributed by atoms with Crippen molar-refractivity contribution in [1.29, 1.82) is 0 Å². The second kappa shape index (κ2) is 7.84. The van der Waals surface area contributed by atoms with Crippen LogP contribution < -0.4 is 15.4 Å². The molecule has 0 saturated carbocycles. The van der Waals surface area contributed by atoms with Gasteiger partial charge in [0, 0.05) is 18.7 Å². The van der Waals surface area contributed by atoms with Gasteiger partial charge in [0.15, 0.2) is 0 Å². The van der Waals surface area contributed by atoms with E-state index in [2.05, 4.69) is 16.7 Å². The van der Waals surface area contributed by atoms with E-state index in [1.165, 1.54) is 5.57 Å². The monoisotopic (exact) mass is 288 g/mol. The molecule has 0 radical (unpaired) electrons. The lowest BCUT2D eigenvalue weighted by Gasteiger charge is -2.16. The van der Waals surface area contributed by atoms with Gasteiger partial charge in [0.2, 0.25) is 5.91 Å². The van der Waals surface area contributed by atoms with Gasteiger partial charge in [0.25, 0.3) is 0 Å². The van der Waals surface area contributed by atoms with Gasteiger partial charge in [-0.25, -0.2) is 0 Å². The number of nitrogens with one attached hydrogen (secondary N) is 2. The van der Waals surface area contributed by atoms with Crippen LogP contribution in [0.3, 0.4) is 0 Å². The van der Waals surface area contributed by atoms with Crippen LogP contribution in [0.25, 0.3) is 0 Å². The lowest BCUT2D eigenvalue weighted by Crippen LogP contribution is -2.30. The van der Waals surface area contributed by atoms with Crippen molar-refractivity contribution in [2.45, 2.75) is 32.8 Å². The molecule has 0 aliphatic carbocycles. The number of rotatable bonds is 6. The van der Waals surface area contributed by atoms with Gasteiger partial charge >= 0.3 is 0 Å². The summed E-state index contributed by atoms with van der Waals surface area (Å²) in [5, 5.41) is 6.25. The number of benzene rings is 1. The predicted octanol–water partition coefficient (Wildman–Crippen LogP) is 2.05. The highest BCUT2D eigenvalue weighted by Gasteiger charge is 2.10. The third-order valence-electron chi connectivity index (χ3n) is 3.36. The van der Waals surface area contributed by atoms with E-state index in [1.807, 2.05) is 38.1 Å². The molecule has 4 nitrogen and oxygen atoms in total. The Bertz CT molecular complexity index is 509. The molecule has 2 rings (SSSR count). The molecule has 1 aromatic rings. The van der Waals surface area contributed by atoms with Crippen molar-refractivity contribution in [3.05, 3.63) is 41.5 Å². The Hall–Kier alpha value is -1.81. The van der Waals surface area contributed by atoms with Gasteiger partial charge < -0.3 is 15.4 Å². The highest BCUT2D eigenvalue weighted by atomic mass is 16.5. The number of hydrogen-bond acceptors (Lipinski definition) is 3. The molecule has 1 aromatic carbocycles. The Morgan fingerprint density at radius 3 is 2.90 bits per heavy atom. The molecule has 0 fully saturated rings. The molecule has 1 aliphatic heterocycles. The summed E-state index contributed by atoms with van der Waals surface area (Å²) < 4.78 is 5.74. The minimum Gasteiger partial charge on any atom is -0.491 e. The minimum absolute atomic E-state index is 0.0363. The average Bonchev–Trinajstić information content (AvgIpc) is 2.48. The van der Waals surface area contributed by atoms with Crippen LogP contribution in [0.5, 0.6) is 5.75 Å². The van der Waals surface area contributed by atoms with Gasteiger partial charge in [-0.05, 0) is 32.9 Å². The van der Waals surface area contributed by atoms with Crippen LogP contribution in [0.4, 0.5) is 0 Å². The fourth-order valence-electron chi connectivity index (χ4n) is 2.30. The summed E-state index contributed by atoms with van der Waals surface area (Å²) in [5.41, 5.74) is 2.23. The number of carbonyl (C=O) groups excluding carboxylic acids is 1. The molecule has 0 aromatic heterocycles. The first-order chi connectivity index (χ1) is 10.1. The molecule has 2 N–H and O–H groups in total. The van der Waals surface area contributed by atoms with E-state index in [9.17, 15) is 4.79 Å². The van der Waals surface area contributed by atoms with E-state index >= 15 is 0 Å². The Morgan fingerprint density at radius 1 is 1.38 bits per heavy atom. The topological polar surface area (TPSA) is 50.4 Å². The standard InChI is InChI=1S/C17H24N2O2/c1-13(2)21-16-6-4-3-5-15(16)11-17(20)19-12-14-7-9-18-10-8-14/h3-7,13,18H,8-12H2,1-2H3,(H,19,20). The van der Waals surface area contributed by atoms with Crippen LogP contribution in [-0.2, 0) is 11.2 Å². The van der Waals surface area contributed by atoms with Crippen LogP contribution >= 0.6 is 0 Å². The molecule has 0 saturated heterocycles. The van der Waals surface area contributed by atoms with Gasteiger partial charge in [-0.1, -0.05) is 29.8 Å². The van der Waals surface area contributed by atoms with Gasteiger partial charge in [-0.3, -0.25) is 4.79 Å². The molecule has 4 heteroatoms. The van der Waals surface area contributed by atoms with E-state index < -0.39 is 0 Å². The number of amides is 1. The zero-order chi connectivity index (χ0) is 15.1. The first-order valence-corrected chi connectivity index (χ1v) is 7.55. The van der Waals surface area contributed by atoms with Gasteiger partial charge in [-0.15, -0.1) is 0 Å². The minimum atomic E-state index is 0.0363. The SMILES string of the molecule is CC(C)Oc1ccccc1CC(=O)NCC1=CCNCC1. The molecule has 114 valence electrons. The van der Waals surface area contributed by atoms with Crippen LogP contribution in [0, 0.1) is 0 Å². The molecule has 1 heterocycles. The second-order valence-corrected chi connectivity index (χ2v) is 5.54. The number of carbonyl (C=O) groups is 1. The van der Waals surface area contributed by atoms with Crippen molar-refractivity contribution in [3.8, 4) is 5.75 Å². The molecule has 21 heavy (non-hydrogen) atoms.